The fraction of sp³-hybridized carbons (Fsp3) is 0.286. The first-order chi connectivity index (χ1) is 7.09. The van der Waals surface area contributed by atoms with Crippen LogP contribution in [0.3, 0.4) is 0 Å². The third-order valence-electron chi connectivity index (χ3n) is 1.43. The lowest BCUT2D eigenvalue weighted by atomic mass is 10.5. The van der Waals surface area contributed by atoms with Gasteiger partial charge in [-0.15, -0.1) is 0 Å². The summed E-state index contributed by atoms with van der Waals surface area (Å²) in [5.41, 5.74) is 4.88. The smallest absolute Gasteiger partial charge is 0.312 e. The van der Waals surface area contributed by atoms with Crippen LogP contribution in [0.25, 0.3) is 0 Å². The van der Waals surface area contributed by atoms with E-state index in [4.69, 9.17) is 28.9 Å². The van der Waals surface area contributed by atoms with Crippen molar-refractivity contribution in [2.24, 2.45) is 5.73 Å². The highest BCUT2D eigenvalue weighted by atomic mass is 35.5. The van der Waals surface area contributed by atoms with Crippen molar-refractivity contribution in [2.45, 2.75) is 0 Å². The molecule has 0 aliphatic heterocycles. The molecule has 1 heterocycles. The number of hydrogen-bond donors (Lipinski definition) is 3. The number of anilines is 1. The molecule has 1 aromatic heterocycles. The number of aromatic nitrogens is 2. The van der Waals surface area contributed by atoms with Crippen molar-refractivity contribution >= 4 is 35.1 Å². The Morgan fingerprint density at radius 1 is 1.47 bits per heavy atom. The van der Waals surface area contributed by atoms with Crippen LogP contribution >= 0.6 is 23.2 Å². The van der Waals surface area contributed by atoms with Gasteiger partial charge in [-0.25, -0.2) is 9.78 Å². The minimum atomic E-state index is -0.580. The van der Waals surface area contributed by atoms with Gasteiger partial charge in [0.2, 0.25) is 5.28 Å². The average Bonchev–Trinajstić information content (AvgIpc) is 2.17. The molecule has 15 heavy (non-hydrogen) atoms. The normalized spacial score (nSPS) is 9.73. The number of hydrogen-bond acceptors (Lipinski definition) is 4. The fourth-order valence-electron chi connectivity index (χ4n) is 0.836. The van der Waals surface area contributed by atoms with Crippen LogP contribution in [0, 0.1) is 0 Å². The molecular formula is C7H9Cl2N5O. The molecule has 1 rings (SSSR count). The predicted octanol–water partition coefficient (Wildman–Crippen LogP) is 0.864. The minimum Gasteiger partial charge on any atom is -0.367 e. The van der Waals surface area contributed by atoms with Gasteiger partial charge >= 0.3 is 6.03 Å². The lowest BCUT2D eigenvalue weighted by molar-refractivity contribution is 0.249. The number of nitrogens with two attached hydrogens (primary N) is 1. The molecule has 6 nitrogen and oxygen atoms in total. The van der Waals surface area contributed by atoms with Crippen LogP contribution in [0.5, 0.6) is 0 Å². The molecule has 0 aromatic carbocycles. The van der Waals surface area contributed by atoms with Crippen LogP contribution in [0.2, 0.25) is 10.3 Å². The van der Waals surface area contributed by atoms with E-state index in [1.807, 2.05) is 0 Å². The number of amides is 2. The number of rotatable bonds is 4. The molecule has 0 unspecified atom stereocenters. The van der Waals surface area contributed by atoms with E-state index in [0.717, 1.165) is 0 Å². The van der Waals surface area contributed by atoms with Gasteiger partial charge in [-0.3, -0.25) is 0 Å². The quantitative estimate of drug-likeness (QED) is 0.545. The van der Waals surface area contributed by atoms with Crippen molar-refractivity contribution in [1.29, 1.82) is 0 Å². The van der Waals surface area contributed by atoms with Gasteiger partial charge in [0.25, 0.3) is 0 Å². The van der Waals surface area contributed by atoms with E-state index in [9.17, 15) is 4.79 Å². The van der Waals surface area contributed by atoms with E-state index in [2.05, 4.69) is 20.6 Å². The van der Waals surface area contributed by atoms with E-state index >= 15 is 0 Å². The van der Waals surface area contributed by atoms with Crippen LogP contribution < -0.4 is 16.4 Å². The Hall–Kier alpha value is -1.27. The SMILES string of the molecule is NC(=O)NCCNc1nc(Cl)ncc1Cl. The Morgan fingerprint density at radius 2 is 2.20 bits per heavy atom. The zero-order valence-corrected chi connectivity index (χ0v) is 9.14. The molecule has 1 aromatic rings. The van der Waals surface area contributed by atoms with Gasteiger partial charge < -0.3 is 16.4 Å². The first-order valence-corrected chi connectivity index (χ1v) is 4.80. The second-order valence-corrected chi connectivity index (χ2v) is 3.30. The molecule has 0 aliphatic rings. The number of nitrogens with one attached hydrogen (secondary N) is 2. The van der Waals surface area contributed by atoms with Crippen molar-refractivity contribution in [3.63, 3.8) is 0 Å². The molecule has 4 N–H and O–H groups in total. The van der Waals surface area contributed by atoms with Crippen molar-refractivity contribution < 1.29 is 4.79 Å². The van der Waals surface area contributed by atoms with Gasteiger partial charge in [-0.2, -0.15) is 4.98 Å². The lowest BCUT2D eigenvalue weighted by Gasteiger charge is -2.06. The molecule has 82 valence electrons. The average molecular weight is 250 g/mol. The predicted molar refractivity (Wildman–Crippen MR) is 58.1 cm³/mol. The lowest BCUT2D eigenvalue weighted by Crippen LogP contribution is -2.33. The first-order valence-electron chi connectivity index (χ1n) is 4.05. The van der Waals surface area contributed by atoms with E-state index in [1.165, 1.54) is 6.20 Å². The molecule has 2 amide bonds. The van der Waals surface area contributed by atoms with Crippen molar-refractivity contribution in [1.82, 2.24) is 15.3 Å². The van der Waals surface area contributed by atoms with Gasteiger partial charge in [0.05, 0.1) is 6.20 Å². The van der Waals surface area contributed by atoms with E-state index < -0.39 is 6.03 Å². The maximum atomic E-state index is 10.3. The monoisotopic (exact) mass is 249 g/mol. The molecule has 0 fully saturated rings. The van der Waals surface area contributed by atoms with Gasteiger partial charge in [-0.1, -0.05) is 11.6 Å². The molecule has 0 radical (unpaired) electrons. The number of urea groups is 1. The van der Waals surface area contributed by atoms with E-state index in [0.29, 0.717) is 23.9 Å². The second kappa shape index (κ2) is 5.57. The summed E-state index contributed by atoms with van der Waals surface area (Å²) in [6, 6.07) is -0.580. The zero-order chi connectivity index (χ0) is 11.3. The van der Waals surface area contributed by atoms with Gasteiger partial charge in [0.1, 0.15) is 10.8 Å². The highest BCUT2D eigenvalue weighted by Crippen LogP contribution is 2.18. The van der Waals surface area contributed by atoms with Crippen LogP contribution in [0.1, 0.15) is 0 Å². The fourth-order valence-corrected chi connectivity index (χ4v) is 1.13. The molecule has 0 saturated carbocycles. The van der Waals surface area contributed by atoms with Crippen molar-refractivity contribution in [3.05, 3.63) is 16.5 Å². The molecule has 0 aliphatic carbocycles. The summed E-state index contributed by atoms with van der Waals surface area (Å²) in [6.45, 7) is 0.809. The molecule has 0 bridgehead atoms. The summed E-state index contributed by atoms with van der Waals surface area (Å²) in [6.07, 6.45) is 1.39. The summed E-state index contributed by atoms with van der Waals surface area (Å²) in [5, 5.41) is 5.74. The second-order valence-electron chi connectivity index (χ2n) is 2.55. The molecule has 0 saturated heterocycles. The number of halogens is 2. The minimum absolute atomic E-state index is 0.102. The number of primary amides is 1. The summed E-state index contributed by atoms with van der Waals surface area (Å²) < 4.78 is 0. The summed E-state index contributed by atoms with van der Waals surface area (Å²) in [5.74, 6) is 0.419. The highest BCUT2D eigenvalue weighted by Gasteiger charge is 2.02. The van der Waals surface area contributed by atoms with Crippen LogP contribution in [0.15, 0.2) is 6.20 Å². The Bertz CT molecular complexity index is 359. The maximum Gasteiger partial charge on any atom is 0.312 e. The van der Waals surface area contributed by atoms with Crippen LogP contribution in [-0.4, -0.2) is 29.1 Å². The summed E-state index contributed by atoms with van der Waals surface area (Å²) >= 11 is 11.3. The van der Waals surface area contributed by atoms with Crippen molar-refractivity contribution in [3.8, 4) is 0 Å². The van der Waals surface area contributed by atoms with Crippen LogP contribution in [-0.2, 0) is 0 Å². The molecule has 0 atom stereocenters. The number of nitrogens with zero attached hydrogens (tertiary/aromatic N) is 2. The Balaban J connectivity index is 2.43. The Morgan fingerprint density at radius 3 is 2.87 bits per heavy atom. The maximum absolute atomic E-state index is 10.3. The first kappa shape index (κ1) is 11.8. The number of carbonyl (C=O) groups excluding carboxylic acids is 1. The van der Waals surface area contributed by atoms with Gasteiger partial charge in [0.15, 0.2) is 0 Å². The third kappa shape index (κ3) is 4.18. The molecule has 0 spiro atoms. The summed E-state index contributed by atoms with van der Waals surface area (Å²) in [7, 11) is 0. The topological polar surface area (TPSA) is 92.9 Å². The summed E-state index contributed by atoms with van der Waals surface area (Å²) in [4.78, 5) is 17.9. The zero-order valence-electron chi connectivity index (χ0n) is 7.63. The highest BCUT2D eigenvalue weighted by molar-refractivity contribution is 6.33. The molecule has 8 heteroatoms. The molecular weight excluding hydrogens is 241 g/mol. The largest absolute Gasteiger partial charge is 0.367 e. The number of carbonyl (C=O) groups is 1. The standard InChI is InChI=1S/C7H9Cl2N5O/c8-4-3-13-6(9)14-5(4)11-1-2-12-7(10)15/h3H,1-2H2,(H3,10,12,15)(H,11,13,14). The van der Waals surface area contributed by atoms with E-state index in [-0.39, 0.29) is 5.28 Å². The Kier molecular flexibility index (Phi) is 4.38. The third-order valence-corrected chi connectivity index (χ3v) is 1.89. The van der Waals surface area contributed by atoms with E-state index in [1.54, 1.807) is 0 Å². The van der Waals surface area contributed by atoms with Gasteiger partial charge in [0, 0.05) is 13.1 Å². The van der Waals surface area contributed by atoms with Crippen molar-refractivity contribution in [2.75, 3.05) is 18.4 Å². The Labute approximate surface area is 96.2 Å². The van der Waals surface area contributed by atoms with Gasteiger partial charge in [-0.05, 0) is 11.6 Å². The van der Waals surface area contributed by atoms with Crippen LogP contribution in [0.4, 0.5) is 10.6 Å².